The van der Waals surface area contributed by atoms with Gasteiger partial charge in [-0.3, -0.25) is 0 Å². The van der Waals surface area contributed by atoms with Crippen LogP contribution < -0.4 is 10.2 Å². The second-order valence-electron chi connectivity index (χ2n) is 3.73. The van der Waals surface area contributed by atoms with Crippen molar-refractivity contribution in [1.82, 2.24) is 0 Å². The van der Waals surface area contributed by atoms with Gasteiger partial charge in [0.2, 0.25) is 0 Å². The molecule has 0 rings (SSSR count). The molecule has 0 amide bonds. The molecule has 0 aliphatic rings. The summed E-state index contributed by atoms with van der Waals surface area (Å²) in [6.07, 6.45) is 6.07. The van der Waals surface area contributed by atoms with Gasteiger partial charge in [0.25, 0.3) is 0 Å². The Balaban J connectivity index is -0.000000224. The molecule has 0 aliphatic heterocycles. The second-order valence-corrected chi connectivity index (χ2v) is 7.97. The van der Waals surface area contributed by atoms with E-state index >= 15 is 0 Å². The minimum atomic E-state index is -0.932. The first-order valence-corrected chi connectivity index (χ1v) is 13.5. The van der Waals surface area contributed by atoms with Crippen LogP contribution in [0.3, 0.4) is 0 Å². The molecule has 0 aromatic heterocycles. The van der Waals surface area contributed by atoms with E-state index in [9.17, 15) is 19.8 Å². The number of carbonyl (C=O) groups excluding carboxylic acids is 2. The van der Waals surface area contributed by atoms with Crippen LogP contribution in [0.25, 0.3) is 0 Å². The molecule has 112 valence electrons. The summed E-state index contributed by atoms with van der Waals surface area (Å²) in [7, 11) is 9.87. The predicted octanol–water partition coefficient (Wildman–Crippen LogP) is 1.63. The Morgan fingerprint density at radius 1 is 0.842 bits per heavy atom. The fraction of sp³-hybridized carbons (Fsp3) is 0.833. The van der Waals surface area contributed by atoms with E-state index in [2.05, 4.69) is 0 Å². The van der Waals surface area contributed by atoms with Crippen molar-refractivity contribution >= 4 is 48.7 Å². The number of halogens is 2. The SMILES string of the molecule is CCCCCC(=O)[O-].CCCCCC(=O)[O-].[Cl][Sn+2][Cl]. The fourth-order valence-electron chi connectivity index (χ4n) is 1.04. The molecule has 0 saturated carbocycles. The Bertz CT molecular complexity index is 184. The zero-order chi connectivity index (χ0) is 15.5. The number of hydrogen-bond donors (Lipinski definition) is 0. The van der Waals surface area contributed by atoms with E-state index in [0.717, 1.165) is 38.5 Å². The molecule has 0 N–H and O–H groups in total. The molecule has 0 heterocycles. The van der Waals surface area contributed by atoms with Crippen LogP contribution in [-0.4, -0.2) is 30.8 Å². The van der Waals surface area contributed by atoms with Crippen LogP contribution in [0.2, 0.25) is 0 Å². The summed E-state index contributed by atoms with van der Waals surface area (Å²) in [6.45, 7) is 4.07. The van der Waals surface area contributed by atoms with Gasteiger partial charge >= 0.3 is 36.7 Å². The molecule has 0 unspecified atom stereocenters. The van der Waals surface area contributed by atoms with Crippen molar-refractivity contribution in [2.24, 2.45) is 0 Å². The molecular formula is C12H22Cl2O4Sn. The van der Waals surface area contributed by atoms with Gasteiger partial charge in [-0.1, -0.05) is 39.5 Å². The molecule has 7 heteroatoms. The van der Waals surface area contributed by atoms with Crippen molar-refractivity contribution in [3.63, 3.8) is 0 Å². The average Bonchev–Trinajstić information content (AvgIpc) is 2.31. The van der Waals surface area contributed by atoms with Crippen molar-refractivity contribution in [1.29, 1.82) is 0 Å². The summed E-state index contributed by atoms with van der Waals surface area (Å²) in [6, 6.07) is 0. The van der Waals surface area contributed by atoms with Crippen LogP contribution in [0.5, 0.6) is 0 Å². The van der Waals surface area contributed by atoms with Crippen molar-refractivity contribution in [2.75, 3.05) is 0 Å². The molecule has 0 spiro atoms. The Labute approximate surface area is 133 Å². The van der Waals surface area contributed by atoms with Crippen molar-refractivity contribution in [3.8, 4) is 0 Å². The maximum atomic E-state index is 9.76. The van der Waals surface area contributed by atoms with Gasteiger partial charge in [0.05, 0.1) is 0 Å². The van der Waals surface area contributed by atoms with Gasteiger partial charge in [-0.15, -0.1) is 0 Å². The summed E-state index contributed by atoms with van der Waals surface area (Å²) in [4.78, 5) is 19.5. The summed E-state index contributed by atoms with van der Waals surface area (Å²) in [5.74, 6) is -1.86. The van der Waals surface area contributed by atoms with E-state index < -0.39 is 30.8 Å². The van der Waals surface area contributed by atoms with Gasteiger partial charge in [-0.2, -0.15) is 0 Å². The third kappa shape index (κ3) is 45.8. The number of unbranched alkanes of at least 4 members (excludes halogenated alkanes) is 4. The number of rotatable bonds is 8. The van der Waals surface area contributed by atoms with Gasteiger partial charge in [0, 0.05) is 11.9 Å². The number of hydrogen-bond acceptors (Lipinski definition) is 4. The molecule has 4 nitrogen and oxygen atoms in total. The van der Waals surface area contributed by atoms with Crippen molar-refractivity contribution in [3.05, 3.63) is 0 Å². The minimum absolute atomic E-state index is 0.216. The van der Waals surface area contributed by atoms with E-state index in [-0.39, 0.29) is 12.8 Å². The number of aliphatic carboxylic acids is 2. The van der Waals surface area contributed by atoms with Crippen molar-refractivity contribution < 1.29 is 19.8 Å². The summed E-state index contributed by atoms with van der Waals surface area (Å²) < 4.78 is 0. The number of carbonyl (C=O) groups is 2. The zero-order valence-electron chi connectivity index (χ0n) is 11.5. The summed E-state index contributed by atoms with van der Waals surface area (Å²) in [5.41, 5.74) is 0. The predicted molar refractivity (Wildman–Crippen MR) is 75.8 cm³/mol. The van der Waals surface area contributed by atoms with Crippen LogP contribution >= 0.6 is 17.8 Å². The topological polar surface area (TPSA) is 80.3 Å². The molecule has 0 bridgehead atoms. The molecule has 0 aromatic carbocycles. The molecule has 0 atom stereocenters. The van der Waals surface area contributed by atoms with Crippen LogP contribution in [0, 0.1) is 0 Å². The van der Waals surface area contributed by atoms with Gasteiger partial charge in [-0.25, -0.2) is 0 Å². The van der Waals surface area contributed by atoms with E-state index in [4.69, 9.17) is 17.8 Å². The third-order valence-corrected chi connectivity index (χ3v) is 1.97. The van der Waals surface area contributed by atoms with Crippen molar-refractivity contribution in [2.45, 2.75) is 65.2 Å². The van der Waals surface area contributed by atoms with Crippen LogP contribution in [0.15, 0.2) is 0 Å². The van der Waals surface area contributed by atoms with Gasteiger partial charge in [0.15, 0.2) is 0 Å². The van der Waals surface area contributed by atoms with E-state index in [1.54, 1.807) is 0 Å². The Morgan fingerprint density at radius 3 is 1.26 bits per heavy atom. The zero-order valence-corrected chi connectivity index (χ0v) is 15.9. The molecular weight excluding hydrogens is 398 g/mol. The molecule has 0 fully saturated rings. The maximum absolute atomic E-state index is 9.76. The Kier molecular flexibility index (Phi) is 30.0. The van der Waals surface area contributed by atoms with E-state index in [1.807, 2.05) is 13.8 Å². The Morgan fingerprint density at radius 2 is 1.11 bits per heavy atom. The molecule has 0 radical (unpaired) electrons. The second kappa shape index (κ2) is 23.4. The number of carboxylic acids is 2. The standard InChI is InChI=1S/2C6H12O2.2ClH.Sn/c2*1-2-3-4-5-6(7)8;;;/h2*2-5H2,1H3,(H,7,8);2*1H;/q;;;;+4/p-4. The Hall–Kier alpha value is 0.319. The average molecular weight is 420 g/mol. The monoisotopic (exact) mass is 420 g/mol. The number of carboxylic acid groups (broad SMARTS) is 2. The molecule has 0 aliphatic carbocycles. The van der Waals surface area contributed by atoms with Gasteiger partial charge < -0.3 is 19.8 Å². The molecule has 19 heavy (non-hydrogen) atoms. The van der Waals surface area contributed by atoms with Gasteiger partial charge in [0.1, 0.15) is 0 Å². The molecule has 0 saturated heterocycles. The summed E-state index contributed by atoms with van der Waals surface area (Å²) >= 11 is -0.826. The van der Waals surface area contributed by atoms with E-state index in [0.29, 0.717) is 0 Å². The van der Waals surface area contributed by atoms with Crippen LogP contribution in [0.4, 0.5) is 0 Å². The van der Waals surface area contributed by atoms with Gasteiger partial charge in [-0.05, 0) is 25.7 Å². The summed E-state index contributed by atoms with van der Waals surface area (Å²) in [5, 5.41) is 19.5. The molecule has 0 aromatic rings. The first-order valence-electron chi connectivity index (χ1n) is 6.32. The third-order valence-electron chi connectivity index (χ3n) is 1.97. The van der Waals surface area contributed by atoms with E-state index in [1.165, 1.54) is 0 Å². The normalized spacial score (nSPS) is 8.21. The first kappa shape index (κ1) is 24.3. The first-order chi connectivity index (χ1) is 8.95. The quantitative estimate of drug-likeness (QED) is 0.442. The fourth-order valence-corrected chi connectivity index (χ4v) is 1.04. The van der Waals surface area contributed by atoms with Crippen LogP contribution in [0.1, 0.15) is 65.2 Å². The van der Waals surface area contributed by atoms with Crippen LogP contribution in [-0.2, 0) is 9.59 Å².